The van der Waals surface area contributed by atoms with Crippen LogP contribution in [0, 0.1) is 13.8 Å². The summed E-state index contributed by atoms with van der Waals surface area (Å²) in [6.07, 6.45) is 6.40. The number of carbonyl (C=O) groups excluding carboxylic acids is 1. The van der Waals surface area contributed by atoms with E-state index in [0.717, 1.165) is 68.4 Å². The molecule has 0 aromatic heterocycles. The number of benzene rings is 2. The van der Waals surface area contributed by atoms with Crippen molar-refractivity contribution in [2.24, 2.45) is 0 Å². The molecule has 2 aliphatic rings. The molecule has 0 bridgehead atoms. The van der Waals surface area contributed by atoms with Gasteiger partial charge >= 0.3 is 0 Å². The molecule has 0 unspecified atom stereocenters. The van der Waals surface area contributed by atoms with Crippen LogP contribution in [0.15, 0.2) is 68.4 Å². The molecule has 2 aromatic carbocycles. The minimum Gasteiger partial charge on any atom is -0.351 e. The second-order valence-corrected chi connectivity index (χ2v) is 9.18. The maximum Gasteiger partial charge on any atom is 0.279 e. The van der Waals surface area contributed by atoms with E-state index in [1.54, 1.807) is 0 Å². The summed E-state index contributed by atoms with van der Waals surface area (Å²) in [5.41, 5.74) is 6.99. The lowest BCUT2D eigenvalue weighted by molar-refractivity contribution is -0.114. The molecule has 1 N–H and O–H groups in total. The molecule has 0 saturated carbocycles. The SMILES string of the molecule is Cc1cc(Br)ccc1NC1=C2CCCCC=C2N(c2ccc(Br)cc2C)C1=O. The Morgan fingerprint density at radius 2 is 1.68 bits per heavy atom. The smallest absolute Gasteiger partial charge is 0.279 e. The second-order valence-electron chi connectivity index (χ2n) is 7.34. The van der Waals surface area contributed by atoms with Crippen molar-refractivity contribution in [3.8, 4) is 0 Å². The van der Waals surface area contributed by atoms with E-state index in [-0.39, 0.29) is 5.91 Å². The summed E-state index contributed by atoms with van der Waals surface area (Å²) in [7, 11) is 0. The van der Waals surface area contributed by atoms with Crippen LogP contribution in [0.2, 0.25) is 0 Å². The predicted molar refractivity (Wildman–Crippen MR) is 122 cm³/mol. The number of allylic oxidation sites excluding steroid dienone is 2. The Labute approximate surface area is 182 Å². The van der Waals surface area contributed by atoms with Gasteiger partial charge in [0.15, 0.2) is 0 Å². The molecule has 5 heteroatoms. The number of hydrogen-bond acceptors (Lipinski definition) is 2. The lowest BCUT2D eigenvalue weighted by Gasteiger charge is -2.22. The Morgan fingerprint density at radius 1 is 0.964 bits per heavy atom. The van der Waals surface area contributed by atoms with Gasteiger partial charge in [-0.25, -0.2) is 0 Å². The maximum atomic E-state index is 13.5. The summed E-state index contributed by atoms with van der Waals surface area (Å²) in [5, 5.41) is 3.46. The van der Waals surface area contributed by atoms with Crippen molar-refractivity contribution in [1.29, 1.82) is 0 Å². The fourth-order valence-electron chi connectivity index (χ4n) is 3.91. The van der Waals surface area contributed by atoms with Gasteiger partial charge in [-0.3, -0.25) is 9.69 Å². The van der Waals surface area contributed by atoms with Crippen molar-refractivity contribution in [1.82, 2.24) is 0 Å². The minimum atomic E-state index is 0.0240. The molecule has 1 heterocycles. The van der Waals surface area contributed by atoms with Gasteiger partial charge in [-0.15, -0.1) is 0 Å². The molecule has 0 fully saturated rings. The number of fused-ring (bicyclic) bond motifs is 1. The van der Waals surface area contributed by atoms with Crippen LogP contribution in [-0.4, -0.2) is 5.91 Å². The highest BCUT2D eigenvalue weighted by atomic mass is 79.9. The predicted octanol–water partition coefficient (Wildman–Crippen LogP) is 7.00. The average molecular weight is 502 g/mol. The molecule has 1 amide bonds. The third kappa shape index (κ3) is 3.58. The first-order valence-electron chi connectivity index (χ1n) is 9.53. The summed E-state index contributed by atoms with van der Waals surface area (Å²) in [5.74, 6) is 0.0240. The Bertz CT molecular complexity index is 1020. The average Bonchev–Trinajstić information content (AvgIpc) is 2.79. The number of halogens is 2. The van der Waals surface area contributed by atoms with Crippen molar-refractivity contribution >= 4 is 49.1 Å². The Morgan fingerprint density at radius 3 is 2.39 bits per heavy atom. The highest BCUT2D eigenvalue weighted by Crippen LogP contribution is 2.41. The minimum absolute atomic E-state index is 0.0240. The van der Waals surface area contributed by atoms with E-state index in [1.807, 2.05) is 29.2 Å². The van der Waals surface area contributed by atoms with Gasteiger partial charge < -0.3 is 5.32 Å². The van der Waals surface area contributed by atoms with Crippen LogP contribution in [0.5, 0.6) is 0 Å². The summed E-state index contributed by atoms with van der Waals surface area (Å²) >= 11 is 7.04. The van der Waals surface area contributed by atoms with Crippen LogP contribution >= 0.6 is 31.9 Å². The van der Waals surface area contributed by atoms with E-state index in [1.165, 1.54) is 0 Å². The third-order valence-corrected chi connectivity index (χ3v) is 6.32. The Kier molecular flexibility index (Phi) is 5.48. The van der Waals surface area contributed by atoms with E-state index in [2.05, 4.69) is 69.2 Å². The van der Waals surface area contributed by atoms with Crippen LogP contribution in [0.4, 0.5) is 11.4 Å². The number of amides is 1. The summed E-state index contributed by atoms with van der Waals surface area (Å²) < 4.78 is 2.06. The number of hydrogen-bond donors (Lipinski definition) is 1. The van der Waals surface area contributed by atoms with E-state index >= 15 is 0 Å². The zero-order valence-corrected chi connectivity index (χ0v) is 19.2. The summed E-state index contributed by atoms with van der Waals surface area (Å²) in [4.78, 5) is 15.4. The van der Waals surface area contributed by atoms with E-state index in [9.17, 15) is 4.79 Å². The van der Waals surface area contributed by atoms with Crippen molar-refractivity contribution in [2.75, 3.05) is 10.2 Å². The second kappa shape index (κ2) is 7.88. The molecule has 1 aliphatic carbocycles. The highest BCUT2D eigenvalue weighted by molar-refractivity contribution is 9.10. The molecule has 0 spiro atoms. The van der Waals surface area contributed by atoms with Crippen molar-refractivity contribution in [2.45, 2.75) is 39.5 Å². The van der Waals surface area contributed by atoms with Gasteiger partial charge in [0.05, 0.1) is 11.4 Å². The number of aryl methyl sites for hydroxylation is 2. The molecule has 28 heavy (non-hydrogen) atoms. The standard InChI is InChI=1S/C23H22Br2N2O/c1-14-12-16(24)8-10-19(14)26-22-18-6-4-3-5-7-21(18)27(23(22)28)20-11-9-17(25)13-15(20)2/h7-13,26H,3-6H2,1-2H3. The van der Waals surface area contributed by atoms with Crippen LogP contribution in [0.1, 0.15) is 36.8 Å². The van der Waals surface area contributed by atoms with E-state index in [4.69, 9.17) is 0 Å². The first-order valence-corrected chi connectivity index (χ1v) is 11.1. The number of nitrogens with one attached hydrogen (secondary N) is 1. The highest BCUT2D eigenvalue weighted by Gasteiger charge is 2.37. The first-order chi connectivity index (χ1) is 13.5. The molecular formula is C23H22Br2N2O. The molecule has 0 radical (unpaired) electrons. The number of rotatable bonds is 3. The Hall–Kier alpha value is -1.85. The molecule has 144 valence electrons. The summed E-state index contributed by atoms with van der Waals surface area (Å²) in [6.45, 7) is 4.10. The Balaban J connectivity index is 1.79. The van der Waals surface area contributed by atoms with Gasteiger partial charge in [0.2, 0.25) is 0 Å². The van der Waals surface area contributed by atoms with Crippen LogP contribution < -0.4 is 10.2 Å². The van der Waals surface area contributed by atoms with Crippen molar-refractivity contribution in [3.63, 3.8) is 0 Å². The van der Waals surface area contributed by atoms with Gasteiger partial charge in [0.1, 0.15) is 5.70 Å². The number of nitrogens with zero attached hydrogens (tertiary/aromatic N) is 1. The van der Waals surface area contributed by atoms with E-state index < -0.39 is 0 Å². The number of carbonyl (C=O) groups is 1. The molecule has 3 nitrogen and oxygen atoms in total. The quantitative estimate of drug-likeness (QED) is 0.491. The van der Waals surface area contributed by atoms with Crippen molar-refractivity contribution < 1.29 is 4.79 Å². The molecule has 0 saturated heterocycles. The third-order valence-electron chi connectivity index (χ3n) is 5.34. The lowest BCUT2D eigenvalue weighted by Crippen LogP contribution is -2.28. The van der Waals surface area contributed by atoms with E-state index in [0.29, 0.717) is 5.70 Å². The molecule has 4 rings (SSSR count). The van der Waals surface area contributed by atoms with Gasteiger partial charge in [-0.1, -0.05) is 37.9 Å². The summed E-state index contributed by atoms with van der Waals surface area (Å²) in [6, 6.07) is 12.2. The zero-order chi connectivity index (χ0) is 19.8. The lowest BCUT2D eigenvalue weighted by atomic mass is 10.1. The van der Waals surface area contributed by atoms with Crippen LogP contribution in [0.3, 0.4) is 0 Å². The molecule has 2 aromatic rings. The van der Waals surface area contributed by atoms with Gasteiger partial charge in [-0.2, -0.15) is 0 Å². The van der Waals surface area contributed by atoms with Gasteiger partial charge in [0.25, 0.3) is 5.91 Å². The molecular weight excluding hydrogens is 480 g/mol. The zero-order valence-electron chi connectivity index (χ0n) is 16.0. The topological polar surface area (TPSA) is 32.3 Å². The van der Waals surface area contributed by atoms with Crippen LogP contribution in [-0.2, 0) is 4.79 Å². The fraction of sp³-hybridized carbons (Fsp3) is 0.261. The van der Waals surface area contributed by atoms with Crippen LogP contribution in [0.25, 0.3) is 0 Å². The number of anilines is 2. The molecule has 0 atom stereocenters. The fourth-order valence-corrected chi connectivity index (χ4v) is 4.86. The molecule has 1 aliphatic heterocycles. The van der Waals surface area contributed by atoms with Gasteiger partial charge in [0, 0.05) is 20.2 Å². The largest absolute Gasteiger partial charge is 0.351 e. The first kappa shape index (κ1) is 19.5. The van der Waals surface area contributed by atoms with Crippen molar-refractivity contribution in [3.05, 3.63) is 79.5 Å². The van der Waals surface area contributed by atoms with Gasteiger partial charge in [-0.05, 0) is 87.1 Å². The maximum absolute atomic E-state index is 13.5. The monoisotopic (exact) mass is 500 g/mol. The normalized spacial score (nSPS) is 16.8.